The van der Waals surface area contributed by atoms with Crippen LogP contribution in [0.4, 0.5) is 0 Å². The van der Waals surface area contributed by atoms with Gasteiger partial charge >= 0.3 is 5.97 Å². The van der Waals surface area contributed by atoms with E-state index in [4.69, 9.17) is 14.2 Å². The van der Waals surface area contributed by atoms with Crippen molar-refractivity contribution in [2.75, 3.05) is 20.0 Å². The summed E-state index contributed by atoms with van der Waals surface area (Å²) in [5.41, 5.74) is 3.23. The number of nitrogens with one attached hydrogen (secondary N) is 1. The van der Waals surface area contributed by atoms with Gasteiger partial charge in [-0.25, -0.2) is 4.79 Å². The van der Waals surface area contributed by atoms with Gasteiger partial charge in [0.05, 0.1) is 35.3 Å². The van der Waals surface area contributed by atoms with Gasteiger partial charge in [-0.3, -0.25) is 0 Å². The molecule has 0 bridgehead atoms. The van der Waals surface area contributed by atoms with E-state index in [-0.39, 0.29) is 6.61 Å². The highest BCUT2D eigenvalue weighted by Crippen LogP contribution is 2.43. The second-order valence-electron chi connectivity index (χ2n) is 7.23. The Morgan fingerprint density at radius 2 is 2.00 bits per heavy atom. The van der Waals surface area contributed by atoms with Crippen molar-refractivity contribution in [1.82, 2.24) is 5.32 Å². The summed E-state index contributed by atoms with van der Waals surface area (Å²) in [6, 6.07) is 17.6. The van der Waals surface area contributed by atoms with E-state index in [0.717, 1.165) is 11.1 Å². The molecule has 3 rings (SSSR count). The zero-order chi connectivity index (χ0) is 23.8. The summed E-state index contributed by atoms with van der Waals surface area (Å²) in [6.07, 6.45) is 3.39. The number of benzene rings is 2. The largest absolute Gasteiger partial charge is 0.493 e. The lowest BCUT2D eigenvalue weighted by Crippen LogP contribution is -2.28. The first kappa shape index (κ1) is 24.0. The topological polar surface area (TPSA) is 80.6 Å². The van der Waals surface area contributed by atoms with Crippen LogP contribution in [-0.4, -0.2) is 25.9 Å². The standard InChI is InChI=1S/C26H26N2O4S/c1-5-13-31-26(29)23-17(2)28-25(33-4)20(15-27)24(23)19-11-12-21(22(14-19)30-3)32-16-18-9-7-6-8-10-18/h5-12,14,24,28H,1,13,16H2,2-4H3/t24-/m1/s1. The Hall–Kier alpha value is -3.63. The normalized spacial score (nSPS) is 15.4. The molecule has 2 aromatic carbocycles. The van der Waals surface area contributed by atoms with E-state index in [2.05, 4.69) is 18.0 Å². The van der Waals surface area contributed by atoms with Gasteiger partial charge < -0.3 is 19.5 Å². The summed E-state index contributed by atoms with van der Waals surface area (Å²) < 4.78 is 16.9. The maximum Gasteiger partial charge on any atom is 0.337 e. The van der Waals surface area contributed by atoms with E-state index in [1.54, 1.807) is 26.2 Å². The number of nitrogens with zero attached hydrogens (tertiary/aromatic N) is 1. The van der Waals surface area contributed by atoms with Crippen LogP contribution in [0.1, 0.15) is 24.0 Å². The number of rotatable bonds is 9. The smallest absolute Gasteiger partial charge is 0.337 e. The number of ether oxygens (including phenoxy) is 3. The van der Waals surface area contributed by atoms with Gasteiger partial charge in [-0.05, 0) is 36.4 Å². The fraction of sp³-hybridized carbons (Fsp3) is 0.231. The molecule has 0 radical (unpaired) electrons. The SMILES string of the molecule is C=CCOC(=O)C1=C(C)NC(SC)=C(C#N)[C@H]1c1ccc(OCc2ccccc2)c(OC)c1. The Balaban J connectivity index is 2.01. The molecule has 0 aromatic heterocycles. The van der Waals surface area contributed by atoms with Gasteiger partial charge in [0.15, 0.2) is 11.5 Å². The van der Waals surface area contributed by atoms with Crippen LogP contribution in [0.25, 0.3) is 0 Å². The number of nitriles is 1. The van der Waals surface area contributed by atoms with Gasteiger partial charge in [0.1, 0.15) is 13.2 Å². The highest BCUT2D eigenvalue weighted by Gasteiger charge is 2.35. The first-order valence-electron chi connectivity index (χ1n) is 10.3. The molecule has 0 unspecified atom stereocenters. The lowest BCUT2D eigenvalue weighted by atomic mass is 9.82. The summed E-state index contributed by atoms with van der Waals surface area (Å²) in [7, 11) is 1.56. The monoisotopic (exact) mass is 462 g/mol. The summed E-state index contributed by atoms with van der Waals surface area (Å²) in [4.78, 5) is 12.9. The third-order valence-corrected chi connectivity index (χ3v) is 5.89. The molecule has 0 amide bonds. The molecule has 2 aromatic rings. The zero-order valence-electron chi connectivity index (χ0n) is 18.9. The van der Waals surface area contributed by atoms with Crippen LogP contribution in [-0.2, 0) is 16.1 Å². The number of carbonyl (C=O) groups excluding carboxylic acids is 1. The second-order valence-corrected chi connectivity index (χ2v) is 8.04. The summed E-state index contributed by atoms with van der Waals surface area (Å²) in [6.45, 7) is 5.87. The van der Waals surface area contributed by atoms with Gasteiger partial charge in [0.25, 0.3) is 0 Å². The molecular formula is C26H26N2O4S. The van der Waals surface area contributed by atoms with E-state index in [0.29, 0.717) is 40.0 Å². The third kappa shape index (κ3) is 5.41. The molecule has 0 spiro atoms. The molecule has 1 N–H and O–H groups in total. The van der Waals surface area contributed by atoms with Gasteiger partial charge in [-0.2, -0.15) is 5.26 Å². The minimum Gasteiger partial charge on any atom is -0.493 e. The molecule has 170 valence electrons. The molecule has 33 heavy (non-hydrogen) atoms. The van der Waals surface area contributed by atoms with Crippen molar-refractivity contribution in [3.05, 3.63) is 94.2 Å². The van der Waals surface area contributed by atoms with Crippen LogP contribution in [0.15, 0.2) is 83.1 Å². The van der Waals surface area contributed by atoms with Crippen LogP contribution in [0.2, 0.25) is 0 Å². The minimum atomic E-state index is -0.604. The first-order valence-corrected chi connectivity index (χ1v) is 11.5. The molecule has 1 atom stereocenters. The fourth-order valence-corrected chi connectivity index (χ4v) is 4.25. The van der Waals surface area contributed by atoms with Crippen molar-refractivity contribution >= 4 is 17.7 Å². The van der Waals surface area contributed by atoms with Crippen molar-refractivity contribution in [3.8, 4) is 17.6 Å². The molecule has 1 heterocycles. The molecule has 6 nitrogen and oxygen atoms in total. The highest BCUT2D eigenvalue weighted by molar-refractivity contribution is 8.02. The van der Waals surface area contributed by atoms with Crippen molar-refractivity contribution in [2.24, 2.45) is 0 Å². The molecular weight excluding hydrogens is 436 g/mol. The van der Waals surface area contributed by atoms with Crippen LogP contribution in [0, 0.1) is 11.3 Å². The molecule has 1 aliphatic heterocycles. The third-order valence-electron chi connectivity index (χ3n) is 5.16. The molecule has 0 saturated carbocycles. The summed E-state index contributed by atoms with van der Waals surface area (Å²) in [5.74, 6) is -0.0150. The number of carbonyl (C=O) groups is 1. The number of dihydropyridines is 1. The fourth-order valence-electron chi connectivity index (χ4n) is 3.61. The average Bonchev–Trinajstić information content (AvgIpc) is 2.85. The molecule has 0 fully saturated rings. The predicted octanol–water partition coefficient (Wildman–Crippen LogP) is 5.06. The van der Waals surface area contributed by atoms with E-state index < -0.39 is 11.9 Å². The Morgan fingerprint density at radius 3 is 2.64 bits per heavy atom. The van der Waals surface area contributed by atoms with Crippen LogP contribution in [0.5, 0.6) is 11.5 Å². The van der Waals surface area contributed by atoms with Crippen LogP contribution < -0.4 is 14.8 Å². The maximum atomic E-state index is 12.9. The summed E-state index contributed by atoms with van der Waals surface area (Å²) >= 11 is 1.42. The maximum absolute atomic E-state index is 12.9. The first-order chi connectivity index (χ1) is 16.0. The number of thioether (sulfide) groups is 1. The van der Waals surface area contributed by atoms with Gasteiger partial charge in [0, 0.05) is 5.70 Å². The number of allylic oxidation sites excluding steroid dienone is 2. The number of esters is 1. The number of hydrogen-bond acceptors (Lipinski definition) is 7. The highest BCUT2D eigenvalue weighted by atomic mass is 32.2. The van der Waals surface area contributed by atoms with E-state index >= 15 is 0 Å². The Morgan fingerprint density at radius 1 is 1.24 bits per heavy atom. The van der Waals surface area contributed by atoms with Crippen molar-refractivity contribution in [1.29, 1.82) is 5.26 Å². The Bertz CT molecular complexity index is 1130. The molecule has 0 saturated heterocycles. The number of methoxy groups -OCH3 is 1. The molecule has 1 aliphatic rings. The van der Waals surface area contributed by atoms with E-state index in [1.807, 2.05) is 42.7 Å². The van der Waals surface area contributed by atoms with Crippen molar-refractivity contribution in [3.63, 3.8) is 0 Å². The predicted molar refractivity (Wildman–Crippen MR) is 130 cm³/mol. The van der Waals surface area contributed by atoms with E-state index in [9.17, 15) is 10.1 Å². The van der Waals surface area contributed by atoms with Gasteiger partial charge in [-0.1, -0.05) is 49.1 Å². The van der Waals surface area contributed by atoms with Crippen molar-refractivity contribution in [2.45, 2.75) is 19.4 Å². The van der Waals surface area contributed by atoms with E-state index in [1.165, 1.54) is 17.8 Å². The number of hydrogen-bond donors (Lipinski definition) is 1. The average molecular weight is 463 g/mol. The van der Waals surface area contributed by atoms with Gasteiger partial charge in [0.2, 0.25) is 0 Å². The lowest BCUT2D eigenvalue weighted by Gasteiger charge is -2.29. The quantitative estimate of drug-likeness (QED) is 0.412. The summed E-state index contributed by atoms with van der Waals surface area (Å²) in [5, 5.41) is 13.8. The Labute approximate surface area is 198 Å². The lowest BCUT2D eigenvalue weighted by molar-refractivity contribution is -0.138. The van der Waals surface area contributed by atoms with Gasteiger partial charge in [-0.15, -0.1) is 11.8 Å². The minimum absolute atomic E-state index is 0.0822. The van der Waals surface area contributed by atoms with Crippen LogP contribution in [0.3, 0.4) is 0 Å². The zero-order valence-corrected chi connectivity index (χ0v) is 19.7. The molecule has 0 aliphatic carbocycles. The van der Waals surface area contributed by atoms with Crippen molar-refractivity contribution < 1.29 is 19.0 Å². The Kier molecular flexibility index (Phi) is 8.22. The molecule has 7 heteroatoms. The van der Waals surface area contributed by atoms with Crippen LogP contribution >= 0.6 is 11.8 Å². The second kappa shape index (κ2) is 11.3.